The van der Waals surface area contributed by atoms with Crippen molar-refractivity contribution >= 4 is 0 Å². The highest BCUT2D eigenvalue weighted by atomic mass is 16.5. The van der Waals surface area contributed by atoms with Crippen LogP contribution in [0.3, 0.4) is 0 Å². The van der Waals surface area contributed by atoms with E-state index >= 15 is 0 Å². The molecule has 3 nitrogen and oxygen atoms in total. The largest absolute Gasteiger partial charge is 0.379 e. The summed E-state index contributed by atoms with van der Waals surface area (Å²) < 4.78 is 5.48. The van der Waals surface area contributed by atoms with Crippen molar-refractivity contribution in [2.75, 3.05) is 33.3 Å². The topological polar surface area (TPSA) is 38.5 Å². The van der Waals surface area contributed by atoms with E-state index in [1.54, 1.807) is 7.11 Å². The minimum absolute atomic E-state index is 0.00638. The predicted molar refractivity (Wildman–Crippen MR) is 73.1 cm³/mol. The number of piperidine rings is 1. The smallest absolute Gasteiger partial charge is 0.0634 e. The second kappa shape index (κ2) is 6.72. The van der Waals surface area contributed by atoms with Gasteiger partial charge in [-0.3, -0.25) is 0 Å². The molecule has 0 amide bonds. The molecule has 2 N–H and O–H groups in total. The average Bonchev–Trinajstić information content (AvgIpc) is 2.36. The van der Waals surface area contributed by atoms with Crippen LogP contribution < -0.4 is 5.73 Å². The SMILES string of the molecule is CCC1CN(CCC(C)(C)OC)CCC1CN. The monoisotopic (exact) mass is 242 g/mol. The molecule has 0 radical (unpaired) electrons. The molecule has 0 aromatic rings. The van der Waals surface area contributed by atoms with Gasteiger partial charge in [-0.1, -0.05) is 13.3 Å². The van der Waals surface area contributed by atoms with Crippen LogP contribution in [0.25, 0.3) is 0 Å². The molecule has 17 heavy (non-hydrogen) atoms. The Labute approximate surface area is 107 Å². The fraction of sp³-hybridized carbons (Fsp3) is 1.00. The van der Waals surface area contributed by atoms with Crippen LogP contribution >= 0.6 is 0 Å². The first kappa shape index (κ1) is 14.9. The first-order valence-corrected chi connectivity index (χ1v) is 7.00. The van der Waals surface area contributed by atoms with Crippen molar-refractivity contribution in [2.45, 2.75) is 45.6 Å². The molecular weight excluding hydrogens is 212 g/mol. The van der Waals surface area contributed by atoms with Crippen LogP contribution in [-0.2, 0) is 4.74 Å². The molecule has 2 atom stereocenters. The Kier molecular flexibility index (Phi) is 5.90. The average molecular weight is 242 g/mol. The minimum Gasteiger partial charge on any atom is -0.379 e. The summed E-state index contributed by atoms with van der Waals surface area (Å²) in [5.74, 6) is 1.53. The lowest BCUT2D eigenvalue weighted by Gasteiger charge is -2.39. The zero-order chi connectivity index (χ0) is 12.9. The summed E-state index contributed by atoms with van der Waals surface area (Å²) in [7, 11) is 1.80. The van der Waals surface area contributed by atoms with Gasteiger partial charge in [0.1, 0.15) is 0 Å². The minimum atomic E-state index is 0.00638. The number of rotatable bonds is 6. The van der Waals surface area contributed by atoms with Crippen molar-refractivity contribution in [3.63, 3.8) is 0 Å². The van der Waals surface area contributed by atoms with Gasteiger partial charge in [0.2, 0.25) is 0 Å². The van der Waals surface area contributed by atoms with E-state index in [0.717, 1.165) is 31.3 Å². The van der Waals surface area contributed by atoms with E-state index in [0.29, 0.717) is 0 Å². The molecule has 102 valence electrons. The highest BCUT2D eigenvalue weighted by Gasteiger charge is 2.28. The summed E-state index contributed by atoms with van der Waals surface area (Å²) >= 11 is 0. The predicted octanol–water partition coefficient (Wildman–Crippen LogP) is 2.11. The number of nitrogens with two attached hydrogens (primary N) is 1. The number of likely N-dealkylation sites (tertiary alicyclic amines) is 1. The molecule has 0 aromatic carbocycles. The second-order valence-electron chi connectivity index (χ2n) is 5.97. The molecule has 1 heterocycles. The van der Waals surface area contributed by atoms with Crippen molar-refractivity contribution in [2.24, 2.45) is 17.6 Å². The third-order valence-electron chi connectivity index (χ3n) is 4.39. The lowest BCUT2D eigenvalue weighted by molar-refractivity contribution is 0.00138. The van der Waals surface area contributed by atoms with Gasteiger partial charge < -0.3 is 15.4 Å². The van der Waals surface area contributed by atoms with Gasteiger partial charge in [0.25, 0.3) is 0 Å². The molecule has 0 spiro atoms. The molecule has 0 saturated carbocycles. The lowest BCUT2D eigenvalue weighted by atomic mass is 9.83. The molecule has 0 aliphatic carbocycles. The quantitative estimate of drug-likeness (QED) is 0.775. The van der Waals surface area contributed by atoms with Crippen molar-refractivity contribution in [3.05, 3.63) is 0 Å². The van der Waals surface area contributed by atoms with Crippen LogP contribution in [0, 0.1) is 11.8 Å². The first-order valence-electron chi connectivity index (χ1n) is 7.00. The zero-order valence-electron chi connectivity index (χ0n) is 12.0. The van der Waals surface area contributed by atoms with Crippen LogP contribution in [0.2, 0.25) is 0 Å². The van der Waals surface area contributed by atoms with E-state index < -0.39 is 0 Å². The number of ether oxygens (including phenoxy) is 1. The van der Waals surface area contributed by atoms with Gasteiger partial charge in [-0.25, -0.2) is 0 Å². The fourth-order valence-electron chi connectivity index (χ4n) is 2.66. The Bertz CT molecular complexity index is 218. The van der Waals surface area contributed by atoms with E-state index in [1.807, 2.05) is 0 Å². The van der Waals surface area contributed by atoms with Gasteiger partial charge in [-0.15, -0.1) is 0 Å². The summed E-state index contributed by atoms with van der Waals surface area (Å²) in [5.41, 5.74) is 5.85. The molecule has 2 unspecified atom stereocenters. The number of hydrogen-bond acceptors (Lipinski definition) is 3. The number of methoxy groups -OCH3 is 1. The van der Waals surface area contributed by atoms with E-state index in [4.69, 9.17) is 10.5 Å². The summed E-state index contributed by atoms with van der Waals surface area (Å²) in [4.78, 5) is 2.58. The van der Waals surface area contributed by atoms with Crippen LogP contribution in [0.1, 0.15) is 40.0 Å². The molecule has 1 aliphatic heterocycles. The van der Waals surface area contributed by atoms with Crippen molar-refractivity contribution in [1.29, 1.82) is 0 Å². The lowest BCUT2D eigenvalue weighted by Crippen LogP contribution is -2.44. The molecule has 1 saturated heterocycles. The molecule has 0 bridgehead atoms. The van der Waals surface area contributed by atoms with E-state index in [9.17, 15) is 0 Å². The molecule has 1 rings (SSSR count). The Morgan fingerprint density at radius 1 is 1.35 bits per heavy atom. The maximum Gasteiger partial charge on any atom is 0.0634 e. The van der Waals surface area contributed by atoms with Crippen LogP contribution in [0.4, 0.5) is 0 Å². The summed E-state index contributed by atoms with van der Waals surface area (Å²) in [6, 6.07) is 0. The maximum atomic E-state index is 5.84. The van der Waals surface area contributed by atoms with E-state index in [1.165, 1.54) is 25.9 Å². The Hall–Kier alpha value is -0.120. The summed E-state index contributed by atoms with van der Waals surface area (Å²) in [5, 5.41) is 0. The van der Waals surface area contributed by atoms with Gasteiger partial charge in [0, 0.05) is 20.2 Å². The number of hydrogen-bond donors (Lipinski definition) is 1. The highest BCUT2D eigenvalue weighted by Crippen LogP contribution is 2.26. The van der Waals surface area contributed by atoms with Crippen molar-refractivity contribution in [1.82, 2.24) is 4.90 Å². The van der Waals surface area contributed by atoms with Crippen molar-refractivity contribution < 1.29 is 4.74 Å². The molecular formula is C14H30N2O. The van der Waals surface area contributed by atoms with Gasteiger partial charge >= 0.3 is 0 Å². The first-order chi connectivity index (χ1) is 8.02. The highest BCUT2D eigenvalue weighted by molar-refractivity contribution is 4.81. The summed E-state index contributed by atoms with van der Waals surface area (Å²) in [6.07, 6.45) is 3.63. The maximum absolute atomic E-state index is 5.84. The molecule has 0 aromatic heterocycles. The zero-order valence-corrected chi connectivity index (χ0v) is 12.0. The molecule has 1 fully saturated rings. The van der Waals surface area contributed by atoms with Crippen LogP contribution in [-0.4, -0.2) is 43.8 Å². The van der Waals surface area contributed by atoms with Gasteiger partial charge in [-0.05, 0) is 51.6 Å². The number of nitrogens with zero attached hydrogens (tertiary/aromatic N) is 1. The van der Waals surface area contributed by atoms with Crippen molar-refractivity contribution in [3.8, 4) is 0 Å². The molecule has 1 aliphatic rings. The summed E-state index contributed by atoms with van der Waals surface area (Å²) in [6.45, 7) is 11.0. The Morgan fingerprint density at radius 3 is 2.59 bits per heavy atom. The second-order valence-corrected chi connectivity index (χ2v) is 5.97. The molecule has 3 heteroatoms. The van der Waals surface area contributed by atoms with E-state index in [-0.39, 0.29) is 5.60 Å². The Morgan fingerprint density at radius 2 is 2.06 bits per heavy atom. The fourth-order valence-corrected chi connectivity index (χ4v) is 2.66. The van der Waals surface area contributed by atoms with Gasteiger partial charge in [0.05, 0.1) is 5.60 Å². The van der Waals surface area contributed by atoms with E-state index in [2.05, 4.69) is 25.7 Å². The van der Waals surface area contributed by atoms with Gasteiger partial charge in [0.15, 0.2) is 0 Å². The van der Waals surface area contributed by atoms with Gasteiger partial charge in [-0.2, -0.15) is 0 Å². The normalized spacial score (nSPS) is 27.4. The third-order valence-corrected chi connectivity index (χ3v) is 4.39. The standard InChI is InChI=1S/C14H30N2O/c1-5-12-11-16(8-6-13(12)10-15)9-7-14(2,3)17-4/h12-13H,5-11,15H2,1-4H3. The third kappa shape index (κ3) is 4.57. The Balaban J connectivity index is 2.37. The van der Waals surface area contributed by atoms with Crippen LogP contribution in [0.15, 0.2) is 0 Å². The van der Waals surface area contributed by atoms with Crippen LogP contribution in [0.5, 0.6) is 0 Å².